The van der Waals surface area contributed by atoms with E-state index in [4.69, 9.17) is 10.5 Å². The van der Waals surface area contributed by atoms with E-state index < -0.39 is 48.9 Å². The van der Waals surface area contributed by atoms with Crippen LogP contribution in [0.1, 0.15) is 104 Å². The highest BCUT2D eigenvalue weighted by Crippen LogP contribution is 2.43. The van der Waals surface area contributed by atoms with Gasteiger partial charge in [0.2, 0.25) is 11.8 Å². The number of carbonyl (C=O) groups is 6. The highest BCUT2D eigenvalue weighted by Gasteiger charge is 2.48. The molecule has 6 N–H and O–H groups in total. The normalized spacial score (nSPS) is 21.4. The number of ether oxygens (including phenoxy) is 1. The van der Waals surface area contributed by atoms with Crippen LogP contribution in [0.5, 0.6) is 0 Å². The summed E-state index contributed by atoms with van der Waals surface area (Å²) in [5, 5.41) is 3.12. The van der Waals surface area contributed by atoms with Gasteiger partial charge in [-0.2, -0.15) is 0 Å². The van der Waals surface area contributed by atoms with Crippen LogP contribution in [-0.2, 0) is 35.1 Å². The number of hydrogen-bond acceptors (Lipinski definition) is 8. The van der Waals surface area contributed by atoms with Crippen LogP contribution in [0.3, 0.4) is 0 Å². The van der Waals surface area contributed by atoms with Gasteiger partial charge in [0.15, 0.2) is 5.78 Å². The number of nitrogens with zero attached hydrogens (tertiary/aromatic N) is 1. The topological polar surface area (TPSA) is 226 Å². The lowest BCUT2D eigenvalue weighted by atomic mass is 9.76. The molecule has 6 atom stereocenters. The number of amides is 3. The molecule has 15 heteroatoms. The average molecular weight is 779 g/mol. The Morgan fingerprint density at radius 1 is 1.02 bits per heavy atom. The molecule has 1 saturated carbocycles. The molecule has 5 rings (SSSR count). The Hall–Kier alpha value is -4.49. The van der Waals surface area contributed by atoms with Gasteiger partial charge < -0.3 is 35.5 Å². The van der Waals surface area contributed by atoms with Crippen LogP contribution in [0.4, 0.5) is 0 Å². The van der Waals surface area contributed by atoms with Gasteiger partial charge in [0.1, 0.15) is 17.5 Å². The minimum atomic E-state index is -5.03. The van der Waals surface area contributed by atoms with Crippen molar-refractivity contribution in [2.24, 2.45) is 29.4 Å². The molecule has 1 saturated heterocycles. The molecule has 3 amide bonds. The van der Waals surface area contributed by atoms with E-state index in [1.54, 1.807) is 0 Å². The van der Waals surface area contributed by atoms with Crippen LogP contribution in [0, 0.1) is 23.7 Å². The summed E-state index contributed by atoms with van der Waals surface area (Å²) in [5.41, 5.74) is 6.56. The number of rotatable bonds is 15. The maximum Gasteiger partial charge on any atom is 0.396 e. The van der Waals surface area contributed by atoms with Crippen molar-refractivity contribution in [1.82, 2.24) is 15.2 Å². The molecule has 296 valence electrons. The van der Waals surface area contributed by atoms with Gasteiger partial charge in [-0.1, -0.05) is 38.1 Å². The fraction of sp³-hybridized carbons (Fsp3) is 0.500. The van der Waals surface area contributed by atoms with Crippen LogP contribution in [0.2, 0.25) is 0 Å². The number of hydrogen-bond donors (Lipinski definition) is 5. The predicted octanol–water partition coefficient (Wildman–Crippen LogP) is 4.62. The zero-order valence-corrected chi connectivity index (χ0v) is 32.6. The molecule has 55 heavy (non-hydrogen) atoms. The van der Waals surface area contributed by atoms with E-state index in [0.29, 0.717) is 55.7 Å². The van der Waals surface area contributed by atoms with Crippen LogP contribution in [0.15, 0.2) is 48.5 Å². The van der Waals surface area contributed by atoms with Crippen molar-refractivity contribution in [3.05, 3.63) is 70.9 Å². The first-order valence-corrected chi connectivity index (χ1v) is 20.4. The first-order valence-electron chi connectivity index (χ1n) is 18.8. The van der Waals surface area contributed by atoms with Crippen molar-refractivity contribution in [3.63, 3.8) is 0 Å². The number of nitrogens with one attached hydrogen (secondary N) is 2. The van der Waals surface area contributed by atoms with E-state index in [1.165, 1.54) is 41.7 Å². The fourth-order valence-corrected chi connectivity index (χ4v) is 8.43. The van der Waals surface area contributed by atoms with Crippen LogP contribution in [-0.4, -0.2) is 79.7 Å². The molecule has 0 bridgehead atoms. The summed E-state index contributed by atoms with van der Waals surface area (Å²) in [4.78, 5) is 102. The maximum absolute atomic E-state index is 14.5. The number of carbonyl (C=O) groups excluding carboxylic acids is 6. The van der Waals surface area contributed by atoms with Gasteiger partial charge in [-0.3, -0.25) is 33.3 Å². The minimum absolute atomic E-state index is 0.0257. The summed E-state index contributed by atoms with van der Waals surface area (Å²) >= 11 is 0. The average Bonchev–Trinajstić information content (AvgIpc) is 3.76. The second kappa shape index (κ2) is 17.5. The monoisotopic (exact) mass is 778 g/mol. The number of likely N-dealkylation sites (tertiary alicyclic amines) is 1. The van der Waals surface area contributed by atoms with Crippen molar-refractivity contribution in [3.8, 4) is 0 Å². The van der Waals surface area contributed by atoms with E-state index in [9.17, 15) is 43.1 Å². The largest absolute Gasteiger partial charge is 0.396 e. The van der Waals surface area contributed by atoms with E-state index in [0.717, 1.165) is 5.56 Å². The molecule has 1 aliphatic carbocycles. The van der Waals surface area contributed by atoms with Gasteiger partial charge in [-0.25, -0.2) is 0 Å². The number of H-pyrrole nitrogens is 1. The Balaban J connectivity index is 1.33. The quantitative estimate of drug-likeness (QED) is 0.135. The van der Waals surface area contributed by atoms with E-state index in [-0.39, 0.29) is 60.0 Å². The van der Waals surface area contributed by atoms with Crippen molar-refractivity contribution in [2.45, 2.75) is 90.9 Å². The number of ketones is 2. The van der Waals surface area contributed by atoms with Crippen molar-refractivity contribution < 1.29 is 47.9 Å². The van der Waals surface area contributed by atoms with E-state index in [1.807, 2.05) is 19.1 Å². The Morgan fingerprint density at radius 2 is 1.73 bits per heavy atom. The number of benzene rings is 2. The van der Waals surface area contributed by atoms with Gasteiger partial charge in [-0.05, 0) is 85.8 Å². The van der Waals surface area contributed by atoms with Crippen LogP contribution < -0.4 is 11.1 Å². The fourth-order valence-electron chi connectivity index (χ4n) is 7.95. The summed E-state index contributed by atoms with van der Waals surface area (Å²) in [6.45, 7) is 8.10. The first kappa shape index (κ1) is 41.7. The highest BCUT2D eigenvalue weighted by atomic mass is 31.2. The third-order valence-corrected chi connectivity index (χ3v) is 12.0. The smallest absolute Gasteiger partial charge is 0.374 e. The standard InChI is InChI=1S/C40H51N4O10P/c1-22(2)26-7-5-25(6-8-26)21-54-23(3)28(11-14-36(41)47)19-35(46)31-12-9-27-15-16-44(24(4)45)20-34(38(48)37(27)31)43-39(49)33-18-30-17-29(10-13-32(30)42-33)40(50)55(51,52)53/h5-8,10,13,17-18,22-23,27-28,31,34,37,42H,9,11-12,14-16,19-21H2,1-4H3,(H2,41,47)(H,43,49)(H2,51,52,53)/t23-,27-,28-,31+,34+,37?/m1/s1. The summed E-state index contributed by atoms with van der Waals surface area (Å²) < 4.78 is 17.7. The molecule has 3 aromatic rings. The molecule has 2 aromatic carbocycles. The molecule has 2 aliphatic rings. The predicted molar refractivity (Wildman–Crippen MR) is 204 cm³/mol. The number of fused-ring (bicyclic) bond motifs is 2. The van der Waals surface area contributed by atoms with Crippen LogP contribution in [0.25, 0.3) is 10.9 Å². The number of nitrogens with two attached hydrogens (primary N) is 1. The zero-order chi connectivity index (χ0) is 40.2. The van der Waals surface area contributed by atoms with Gasteiger partial charge >= 0.3 is 7.60 Å². The first-order chi connectivity index (χ1) is 25.9. The van der Waals surface area contributed by atoms with Gasteiger partial charge in [0.05, 0.1) is 12.7 Å². The molecule has 1 aliphatic heterocycles. The van der Waals surface area contributed by atoms with Gasteiger partial charge in [-0.15, -0.1) is 0 Å². The summed E-state index contributed by atoms with van der Waals surface area (Å²) in [6, 6.07) is 12.3. The van der Waals surface area contributed by atoms with Crippen LogP contribution >= 0.6 is 7.60 Å². The number of primary amides is 1. The van der Waals surface area contributed by atoms with Gasteiger partial charge in [0.25, 0.3) is 11.4 Å². The number of aromatic amines is 1. The summed E-state index contributed by atoms with van der Waals surface area (Å²) in [7, 11) is -5.03. The second-order valence-corrected chi connectivity index (χ2v) is 16.8. The highest BCUT2D eigenvalue weighted by molar-refractivity contribution is 7.70. The van der Waals surface area contributed by atoms with Crippen molar-refractivity contribution >= 4 is 53.3 Å². The molecule has 2 fully saturated rings. The summed E-state index contributed by atoms with van der Waals surface area (Å²) in [6.07, 6.45) is 1.71. The summed E-state index contributed by atoms with van der Waals surface area (Å²) in [5.74, 6) is -3.30. The molecular weight excluding hydrogens is 727 g/mol. The van der Waals surface area contributed by atoms with Crippen molar-refractivity contribution in [2.75, 3.05) is 13.1 Å². The van der Waals surface area contributed by atoms with E-state index in [2.05, 4.69) is 36.3 Å². The molecule has 14 nitrogen and oxygen atoms in total. The van der Waals surface area contributed by atoms with Crippen molar-refractivity contribution in [1.29, 1.82) is 0 Å². The number of Topliss-reactive ketones (excluding diaryl/α,β-unsaturated/α-hetero) is 2. The maximum atomic E-state index is 14.5. The lowest BCUT2D eigenvalue weighted by Gasteiger charge is -2.35. The third-order valence-electron chi connectivity index (χ3n) is 11.2. The number of aromatic nitrogens is 1. The van der Waals surface area contributed by atoms with Gasteiger partial charge in [0, 0.05) is 61.2 Å². The molecule has 0 radical (unpaired) electrons. The Kier molecular flexibility index (Phi) is 13.3. The minimum Gasteiger partial charge on any atom is -0.374 e. The molecule has 0 spiro atoms. The lowest BCUT2D eigenvalue weighted by Crippen LogP contribution is -2.55. The second-order valence-electron chi connectivity index (χ2n) is 15.3. The molecule has 1 unspecified atom stereocenters. The molecular formula is C40H51N4O10P. The molecule has 1 aromatic heterocycles. The lowest BCUT2D eigenvalue weighted by molar-refractivity contribution is -0.138. The Bertz CT molecular complexity index is 1990. The Labute approximate surface area is 320 Å². The van der Waals surface area contributed by atoms with E-state index >= 15 is 0 Å². The Morgan fingerprint density at radius 3 is 2.36 bits per heavy atom. The third kappa shape index (κ3) is 10.2. The molecule has 2 heterocycles. The SMILES string of the molecule is CC(=O)N1CC[C@H]2CC[C@@H](C(=O)C[C@@H](CCC(N)=O)[C@@H](C)OCc3ccc(C(C)C)cc3)C2C(=O)[C@@H](NC(=O)c2cc3cc(C(=O)P(=O)(O)O)ccc3[nH]2)C1. The zero-order valence-electron chi connectivity index (χ0n) is 31.7.